The zero-order valence-electron chi connectivity index (χ0n) is 12.9. The molecular formula is C21H16N2. The molecular weight excluding hydrogens is 280 g/mol. The number of hydrogen-bond acceptors (Lipinski definition) is 2. The van der Waals surface area contributed by atoms with Crippen molar-refractivity contribution in [1.82, 2.24) is 9.97 Å². The van der Waals surface area contributed by atoms with Crippen LogP contribution in [0.2, 0.25) is 0 Å². The summed E-state index contributed by atoms with van der Waals surface area (Å²) in [5.41, 5.74) is 5.51. The highest BCUT2D eigenvalue weighted by Crippen LogP contribution is 2.34. The quantitative estimate of drug-likeness (QED) is 0.503. The fourth-order valence-electron chi connectivity index (χ4n) is 2.96. The van der Waals surface area contributed by atoms with Crippen molar-refractivity contribution in [2.24, 2.45) is 0 Å². The van der Waals surface area contributed by atoms with Crippen molar-refractivity contribution in [2.45, 2.75) is 6.92 Å². The number of nitrogens with zero attached hydrogens (tertiary/aromatic N) is 2. The van der Waals surface area contributed by atoms with Gasteiger partial charge in [-0.2, -0.15) is 0 Å². The van der Waals surface area contributed by atoms with Crippen LogP contribution in [0.4, 0.5) is 0 Å². The Balaban J connectivity index is 2.03. The van der Waals surface area contributed by atoms with E-state index in [2.05, 4.69) is 59.6 Å². The van der Waals surface area contributed by atoms with Crippen molar-refractivity contribution in [3.8, 4) is 22.4 Å². The molecule has 0 aliphatic rings. The number of aryl methyl sites for hydroxylation is 1. The summed E-state index contributed by atoms with van der Waals surface area (Å²) in [6, 6.07) is 27.0. The Morgan fingerprint density at radius 2 is 1.26 bits per heavy atom. The van der Waals surface area contributed by atoms with E-state index in [1.165, 1.54) is 11.1 Å². The summed E-state index contributed by atoms with van der Waals surface area (Å²) in [5, 5.41) is 1.08. The van der Waals surface area contributed by atoms with Gasteiger partial charge in [0, 0.05) is 10.9 Å². The van der Waals surface area contributed by atoms with E-state index in [0.717, 1.165) is 28.0 Å². The normalized spacial score (nSPS) is 10.8. The number of para-hydroxylation sites is 1. The third-order valence-corrected chi connectivity index (χ3v) is 3.98. The van der Waals surface area contributed by atoms with Gasteiger partial charge in [0.25, 0.3) is 0 Å². The van der Waals surface area contributed by atoms with Crippen molar-refractivity contribution >= 4 is 10.9 Å². The molecule has 3 aromatic carbocycles. The summed E-state index contributed by atoms with van der Waals surface area (Å²) in [6.45, 7) is 1.95. The maximum Gasteiger partial charge on any atom is 0.126 e. The van der Waals surface area contributed by atoms with Gasteiger partial charge in [0.15, 0.2) is 0 Å². The first-order valence-corrected chi connectivity index (χ1v) is 7.71. The standard InChI is InChI=1S/C21H16N2/c1-15-22-20-14-8-7-13-19(20)21(23-15)18-12-6-5-11-17(18)16-9-3-2-4-10-16/h2-14H,1H3. The van der Waals surface area contributed by atoms with E-state index in [-0.39, 0.29) is 0 Å². The summed E-state index contributed by atoms with van der Waals surface area (Å²) in [4.78, 5) is 9.30. The monoisotopic (exact) mass is 296 g/mol. The second-order valence-electron chi connectivity index (χ2n) is 5.55. The second-order valence-corrected chi connectivity index (χ2v) is 5.55. The minimum absolute atomic E-state index is 0.793. The summed E-state index contributed by atoms with van der Waals surface area (Å²) in [5.74, 6) is 0.793. The molecule has 23 heavy (non-hydrogen) atoms. The van der Waals surface area contributed by atoms with Gasteiger partial charge in [-0.05, 0) is 24.1 Å². The lowest BCUT2D eigenvalue weighted by Crippen LogP contribution is -1.95. The lowest BCUT2D eigenvalue weighted by Gasteiger charge is -2.12. The summed E-state index contributed by atoms with van der Waals surface area (Å²) < 4.78 is 0. The van der Waals surface area contributed by atoms with Crippen molar-refractivity contribution < 1.29 is 0 Å². The molecule has 0 fully saturated rings. The molecule has 0 saturated carbocycles. The van der Waals surface area contributed by atoms with E-state index in [0.29, 0.717) is 0 Å². The molecule has 0 amide bonds. The summed E-state index contributed by atoms with van der Waals surface area (Å²) >= 11 is 0. The van der Waals surface area contributed by atoms with Gasteiger partial charge in [-0.25, -0.2) is 9.97 Å². The van der Waals surface area contributed by atoms with E-state index >= 15 is 0 Å². The van der Waals surface area contributed by atoms with Gasteiger partial charge in [-0.15, -0.1) is 0 Å². The Morgan fingerprint density at radius 3 is 2.09 bits per heavy atom. The second kappa shape index (κ2) is 5.65. The highest BCUT2D eigenvalue weighted by atomic mass is 14.9. The average molecular weight is 296 g/mol. The van der Waals surface area contributed by atoms with Crippen molar-refractivity contribution in [1.29, 1.82) is 0 Å². The molecule has 2 nitrogen and oxygen atoms in total. The van der Waals surface area contributed by atoms with Gasteiger partial charge >= 0.3 is 0 Å². The Labute approximate surface area is 135 Å². The third kappa shape index (κ3) is 2.49. The molecule has 0 radical (unpaired) electrons. The first-order chi connectivity index (χ1) is 11.3. The zero-order valence-corrected chi connectivity index (χ0v) is 12.9. The molecule has 1 aromatic heterocycles. The van der Waals surface area contributed by atoms with Gasteiger partial charge in [-0.3, -0.25) is 0 Å². The van der Waals surface area contributed by atoms with E-state index < -0.39 is 0 Å². The molecule has 0 aliphatic carbocycles. The van der Waals surface area contributed by atoms with Crippen LogP contribution in [-0.2, 0) is 0 Å². The largest absolute Gasteiger partial charge is 0.233 e. The van der Waals surface area contributed by atoms with Crippen LogP contribution in [0.25, 0.3) is 33.3 Å². The van der Waals surface area contributed by atoms with E-state index in [1.54, 1.807) is 0 Å². The maximum atomic E-state index is 4.75. The third-order valence-electron chi connectivity index (χ3n) is 3.98. The Bertz CT molecular complexity index is 975. The molecule has 0 saturated heterocycles. The first kappa shape index (κ1) is 13.6. The number of aromatic nitrogens is 2. The molecule has 2 heteroatoms. The molecule has 0 aliphatic heterocycles. The molecule has 110 valence electrons. The van der Waals surface area contributed by atoms with Gasteiger partial charge in [0.05, 0.1) is 11.2 Å². The van der Waals surface area contributed by atoms with Gasteiger partial charge in [0.1, 0.15) is 5.82 Å². The van der Waals surface area contributed by atoms with Gasteiger partial charge in [-0.1, -0.05) is 72.8 Å². The van der Waals surface area contributed by atoms with Crippen molar-refractivity contribution in [3.63, 3.8) is 0 Å². The topological polar surface area (TPSA) is 25.8 Å². The SMILES string of the molecule is Cc1nc(-c2ccccc2-c2ccccc2)c2ccccc2n1. The number of rotatable bonds is 2. The van der Waals surface area contributed by atoms with Gasteiger partial charge in [0.2, 0.25) is 0 Å². The van der Waals surface area contributed by atoms with Crippen LogP contribution < -0.4 is 0 Å². The fraction of sp³-hybridized carbons (Fsp3) is 0.0476. The van der Waals surface area contributed by atoms with Crippen LogP contribution >= 0.6 is 0 Å². The number of hydrogen-bond donors (Lipinski definition) is 0. The van der Waals surface area contributed by atoms with Crippen LogP contribution in [0, 0.1) is 6.92 Å². The summed E-state index contributed by atoms with van der Waals surface area (Å²) in [7, 11) is 0. The maximum absolute atomic E-state index is 4.75. The zero-order chi connectivity index (χ0) is 15.6. The summed E-state index contributed by atoms with van der Waals surface area (Å²) in [6.07, 6.45) is 0. The highest BCUT2D eigenvalue weighted by Gasteiger charge is 2.12. The van der Waals surface area contributed by atoms with E-state index in [1.807, 2.05) is 31.2 Å². The van der Waals surface area contributed by atoms with Crippen LogP contribution in [0.1, 0.15) is 5.82 Å². The van der Waals surface area contributed by atoms with Crippen LogP contribution in [0.5, 0.6) is 0 Å². The molecule has 0 N–H and O–H groups in total. The molecule has 0 unspecified atom stereocenters. The Kier molecular flexibility index (Phi) is 3.35. The molecule has 0 atom stereocenters. The smallest absolute Gasteiger partial charge is 0.126 e. The number of fused-ring (bicyclic) bond motifs is 1. The Hall–Kier alpha value is -3.00. The van der Waals surface area contributed by atoms with Crippen molar-refractivity contribution in [3.05, 3.63) is 84.7 Å². The predicted molar refractivity (Wildman–Crippen MR) is 95.1 cm³/mol. The molecule has 0 spiro atoms. The molecule has 4 rings (SSSR count). The molecule has 4 aromatic rings. The molecule has 1 heterocycles. The van der Waals surface area contributed by atoms with Crippen LogP contribution in [0.3, 0.4) is 0 Å². The average Bonchev–Trinajstić information content (AvgIpc) is 2.62. The lowest BCUT2D eigenvalue weighted by molar-refractivity contribution is 1.10. The van der Waals surface area contributed by atoms with E-state index in [9.17, 15) is 0 Å². The first-order valence-electron chi connectivity index (χ1n) is 7.71. The van der Waals surface area contributed by atoms with Crippen LogP contribution in [-0.4, -0.2) is 9.97 Å². The minimum Gasteiger partial charge on any atom is -0.233 e. The highest BCUT2D eigenvalue weighted by molar-refractivity contribution is 5.96. The van der Waals surface area contributed by atoms with Crippen LogP contribution in [0.15, 0.2) is 78.9 Å². The molecule has 0 bridgehead atoms. The van der Waals surface area contributed by atoms with Crippen molar-refractivity contribution in [2.75, 3.05) is 0 Å². The fourth-order valence-corrected chi connectivity index (χ4v) is 2.96. The number of benzene rings is 3. The lowest BCUT2D eigenvalue weighted by atomic mass is 9.95. The minimum atomic E-state index is 0.793. The van der Waals surface area contributed by atoms with E-state index in [4.69, 9.17) is 4.98 Å². The van der Waals surface area contributed by atoms with Gasteiger partial charge < -0.3 is 0 Å². The predicted octanol–water partition coefficient (Wildman–Crippen LogP) is 5.27. The Morgan fingerprint density at radius 1 is 0.609 bits per heavy atom.